The lowest BCUT2D eigenvalue weighted by Gasteiger charge is -2.14. The van der Waals surface area contributed by atoms with E-state index < -0.39 is 0 Å². The van der Waals surface area contributed by atoms with Gasteiger partial charge in [-0.1, -0.05) is 6.92 Å². The Kier molecular flexibility index (Phi) is 4.52. The number of pyridine rings is 1. The predicted octanol–water partition coefficient (Wildman–Crippen LogP) is 6.92. The first-order chi connectivity index (χ1) is 14.2. The van der Waals surface area contributed by atoms with Crippen molar-refractivity contribution in [3.63, 3.8) is 0 Å². The third kappa shape index (κ3) is 3.38. The van der Waals surface area contributed by atoms with Crippen molar-refractivity contribution < 1.29 is 4.74 Å². The minimum Gasteiger partial charge on any atom is -0.457 e. The van der Waals surface area contributed by atoms with Crippen LogP contribution in [0.3, 0.4) is 0 Å². The summed E-state index contributed by atoms with van der Waals surface area (Å²) in [6, 6.07) is 18.8. The van der Waals surface area contributed by atoms with E-state index in [1.807, 2.05) is 43.2 Å². The molecule has 0 radical (unpaired) electrons. The Labute approximate surface area is 173 Å². The molecular formula is C24H21N3OS. The lowest BCUT2D eigenvalue weighted by atomic mass is 10.0. The summed E-state index contributed by atoms with van der Waals surface area (Å²) < 4.78 is 6.38. The Balaban J connectivity index is 1.66. The van der Waals surface area contributed by atoms with Gasteiger partial charge in [-0.3, -0.25) is 0 Å². The highest BCUT2D eigenvalue weighted by atomic mass is 32.2. The van der Waals surface area contributed by atoms with Gasteiger partial charge < -0.3 is 14.7 Å². The fourth-order valence-corrected chi connectivity index (χ4v) is 4.37. The average molecular weight is 400 g/mol. The van der Waals surface area contributed by atoms with Crippen LogP contribution in [0.5, 0.6) is 11.5 Å². The number of H-pyrrole nitrogens is 2. The molecule has 0 saturated carbocycles. The van der Waals surface area contributed by atoms with Crippen molar-refractivity contribution in [2.75, 3.05) is 5.75 Å². The van der Waals surface area contributed by atoms with Gasteiger partial charge in [0.2, 0.25) is 0 Å². The number of aromatic amines is 2. The molecule has 0 amide bonds. The Bertz CT molecular complexity index is 1320. The summed E-state index contributed by atoms with van der Waals surface area (Å²) in [4.78, 5) is 12.3. The van der Waals surface area contributed by atoms with Crippen molar-refractivity contribution >= 4 is 33.7 Å². The largest absolute Gasteiger partial charge is 0.457 e. The zero-order chi connectivity index (χ0) is 19.8. The summed E-state index contributed by atoms with van der Waals surface area (Å²) >= 11 is 1.83. The van der Waals surface area contributed by atoms with Crippen LogP contribution in [0.1, 0.15) is 12.6 Å². The second-order valence-corrected chi connectivity index (χ2v) is 8.31. The van der Waals surface area contributed by atoms with Crippen LogP contribution < -0.4 is 4.74 Å². The molecular weight excluding hydrogens is 378 g/mol. The normalized spacial score (nSPS) is 11.4. The van der Waals surface area contributed by atoms with E-state index in [1.165, 1.54) is 10.3 Å². The molecule has 0 unspecified atom stereocenters. The van der Waals surface area contributed by atoms with Crippen molar-refractivity contribution in [1.29, 1.82) is 0 Å². The van der Waals surface area contributed by atoms with Gasteiger partial charge >= 0.3 is 0 Å². The van der Waals surface area contributed by atoms with E-state index in [0.29, 0.717) is 0 Å². The number of hydrogen-bond acceptors (Lipinski definition) is 3. The molecule has 5 aromatic rings. The summed E-state index contributed by atoms with van der Waals surface area (Å²) in [5.41, 5.74) is 5.14. The summed E-state index contributed by atoms with van der Waals surface area (Å²) in [6.45, 7) is 4.19. The monoisotopic (exact) mass is 399 g/mol. The van der Waals surface area contributed by atoms with Crippen molar-refractivity contribution in [1.82, 2.24) is 15.0 Å². The highest BCUT2D eigenvalue weighted by Crippen LogP contribution is 2.40. The van der Waals surface area contributed by atoms with Crippen LogP contribution in [-0.4, -0.2) is 20.7 Å². The summed E-state index contributed by atoms with van der Waals surface area (Å²) in [6.07, 6.45) is 3.88. The number of fused-ring (bicyclic) bond motifs is 2. The number of benzene rings is 2. The maximum absolute atomic E-state index is 6.38. The molecule has 4 nitrogen and oxygen atoms in total. The number of nitrogens with one attached hydrogen (secondary N) is 2. The van der Waals surface area contributed by atoms with Crippen molar-refractivity contribution in [2.24, 2.45) is 0 Å². The topological polar surface area (TPSA) is 53.7 Å². The molecule has 5 rings (SSSR count). The fraction of sp³-hybridized carbons (Fsp3) is 0.125. The fourth-order valence-electron chi connectivity index (χ4n) is 3.67. The molecule has 3 heterocycles. The molecule has 0 aliphatic carbocycles. The molecule has 0 aliphatic heterocycles. The Hall–Kier alpha value is -3.18. The first kappa shape index (κ1) is 17.9. The van der Waals surface area contributed by atoms with Crippen LogP contribution >= 0.6 is 11.8 Å². The van der Waals surface area contributed by atoms with Crippen molar-refractivity contribution in [2.45, 2.75) is 18.7 Å². The van der Waals surface area contributed by atoms with E-state index in [0.717, 1.165) is 50.6 Å². The second kappa shape index (κ2) is 7.33. The molecule has 0 aliphatic rings. The number of hydrogen-bond donors (Lipinski definition) is 2. The molecule has 2 aromatic carbocycles. The molecule has 0 atom stereocenters. The molecule has 0 bridgehead atoms. The van der Waals surface area contributed by atoms with Gasteiger partial charge in [-0.15, -0.1) is 11.8 Å². The molecule has 144 valence electrons. The van der Waals surface area contributed by atoms with Crippen LogP contribution in [0, 0.1) is 6.92 Å². The minimum absolute atomic E-state index is 0.813. The maximum Gasteiger partial charge on any atom is 0.138 e. The lowest BCUT2D eigenvalue weighted by Crippen LogP contribution is -1.92. The summed E-state index contributed by atoms with van der Waals surface area (Å²) in [7, 11) is 0. The number of aromatic nitrogens is 3. The highest BCUT2D eigenvalue weighted by molar-refractivity contribution is 7.99. The number of thioether (sulfide) groups is 1. The molecule has 29 heavy (non-hydrogen) atoms. The van der Waals surface area contributed by atoms with Gasteiger partial charge in [-0.05, 0) is 72.2 Å². The SMILES string of the molecule is CCSc1ccc(Oc2ccc3cc[nH]c3c2)c(-c2cc(C)nc3[nH]ccc23)c1. The molecule has 0 fully saturated rings. The van der Waals surface area contributed by atoms with E-state index in [9.17, 15) is 0 Å². The first-order valence-electron chi connectivity index (χ1n) is 9.68. The minimum atomic E-state index is 0.813. The maximum atomic E-state index is 6.38. The Morgan fingerprint density at radius 1 is 0.931 bits per heavy atom. The van der Waals surface area contributed by atoms with E-state index in [2.05, 4.69) is 64.3 Å². The summed E-state index contributed by atoms with van der Waals surface area (Å²) in [5, 5.41) is 2.27. The van der Waals surface area contributed by atoms with Gasteiger partial charge in [0, 0.05) is 45.5 Å². The van der Waals surface area contributed by atoms with E-state index in [-0.39, 0.29) is 0 Å². The molecule has 5 heteroatoms. The predicted molar refractivity (Wildman–Crippen MR) is 121 cm³/mol. The van der Waals surface area contributed by atoms with Crippen molar-refractivity contribution in [3.05, 3.63) is 72.7 Å². The van der Waals surface area contributed by atoms with Gasteiger partial charge in [0.1, 0.15) is 17.1 Å². The van der Waals surface area contributed by atoms with Gasteiger partial charge in [-0.25, -0.2) is 4.98 Å². The molecule has 0 spiro atoms. The lowest BCUT2D eigenvalue weighted by molar-refractivity contribution is 0.485. The second-order valence-electron chi connectivity index (χ2n) is 6.97. The zero-order valence-electron chi connectivity index (χ0n) is 16.3. The van der Waals surface area contributed by atoms with Crippen LogP contribution in [0.25, 0.3) is 33.1 Å². The van der Waals surface area contributed by atoms with E-state index in [4.69, 9.17) is 4.74 Å². The van der Waals surface area contributed by atoms with Crippen molar-refractivity contribution in [3.8, 4) is 22.6 Å². The third-order valence-corrected chi connectivity index (χ3v) is 5.84. The van der Waals surface area contributed by atoms with Crippen LogP contribution in [0.2, 0.25) is 0 Å². The van der Waals surface area contributed by atoms with Crippen LogP contribution in [-0.2, 0) is 0 Å². The highest BCUT2D eigenvalue weighted by Gasteiger charge is 2.14. The van der Waals surface area contributed by atoms with Gasteiger partial charge in [0.15, 0.2) is 0 Å². The molecule has 2 N–H and O–H groups in total. The molecule has 3 aromatic heterocycles. The number of rotatable bonds is 5. The summed E-state index contributed by atoms with van der Waals surface area (Å²) in [5.74, 6) is 2.68. The van der Waals surface area contributed by atoms with Gasteiger partial charge in [-0.2, -0.15) is 0 Å². The van der Waals surface area contributed by atoms with E-state index in [1.54, 1.807) is 0 Å². The third-order valence-electron chi connectivity index (χ3n) is 4.96. The number of aryl methyl sites for hydroxylation is 1. The van der Waals surface area contributed by atoms with E-state index >= 15 is 0 Å². The Morgan fingerprint density at radius 2 is 1.83 bits per heavy atom. The molecule has 0 saturated heterocycles. The average Bonchev–Trinajstić information content (AvgIpc) is 3.37. The zero-order valence-corrected chi connectivity index (χ0v) is 17.1. The Morgan fingerprint density at radius 3 is 2.72 bits per heavy atom. The van der Waals surface area contributed by atoms with Gasteiger partial charge in [0.25, 0.3) is 0 Å². The quantitative estimate of drug-likeness (QED) is 0.315. The van der Waals surface area contributed by atoms with Crippen LogP contribution in [0.4, 0.5) is 0 Å². The number of nitrogens with zero attached hydrogens (tertiary/aromatic N) is 1. The first-order valence-corrected chi connectivity index (χ1v) is 10.7. The smallest absolute Gasteiger partial charge is 0.138 e. The number of ether oxygens (including phenoxy) is 1. The van der Waals surface area contributed by atoms with Crippen LogP contribution in [0.15, 0.2) is 71.9 Å². The van der Waals surface area contributed by atoms with Gasteiger partial charge in [0.05, 0.1) is 0 Å². The standard InChI is InChI=1S/C24H21N3OS/c1-3-29-18-6-7-23(28-17-5-4-16-8-10-25-22(16)13-17)21(14-18)20-12-15(2)27-24-19(20)9-11-26-24/h4-14,25H,3H2,1-2H3,(H,26,27).